The number of fused-ring (bicyclic) bond motifs is 2. The van der Waals surface area contributed by atoms with E-state index in [-0.39, 0.29) is 6.54 Å². The summed E-state index contributed by atoms with van der Waals surface area (Å²) < 4.78 is 30.1. The molecule has 0 spiro atoms. The third kappa shape index (κ3) is 3.48. The van der Waals surface area contributed by atoms with E-state index in [1.165, 1.54) is 24.0 Å². The molecule has 7 heteroatoms. The third-order valence-corrected chi connectivity index (χ3v) is 6.64. The lowest BCUT2D eigenvalue weighted by atomic mass is 9.92. The van der Waals surface area contributed by atoms with Gasteiger partial charge in [-0.1, -0.05) is 12.5 Å². The van der Waals surface area contributed by atoms with Crippen LogP contribution in [0.3, 0.4) is 0 Å². The number of aromatic nitrogens is 3. The minimum absolute atomic E-state index is 0.187. The fourth-order valence-corrected chi connectivity index (χ4v) is 4.83. The molecule has 1 N–H and O–H groups in total. The standard InChI is InChI=1S/C18H24N4O2S/c23-25(24,16-10-9-14-6-3-4-7-15(14)12-16)19-13-18-21-20-17-8-2-1-5-11-22(17)18/h9-10,12,19H,1-8,11,13H2. The summed E-state index contributed by atoms with van der Waals surface area (Å²) in [5.41, 5.74) is 2.46. The van der Waals surface area contributed by atoms with Crippen LogP contribution in [0, 0.1) is 0 Å². The van der Waals surface area contributed by atoms with E-state index in [1.807, 2.05) is 12.1 Å². The molecule has 134 valence electrons. The van der Waals surface area contributed by atoms with E-state index >= 15 is 0 Å². The van der Waals surface area contributed by atoms with Gasteiger partial charge < -0.3 is 4.57 Å². The molecule has 2 aliphatic rings. The van der Waals surface area contributed by atoms with Gasteiger partial charge in [-0.3, -0.25) is 0 Å². The van der Waals surface area contributed by atoms with Crippen LogP contribution in [0.15, 0.2) is 23.1 Å². The quantitative estimate of drug-likeness (QED) is 0.908. The van der Waals surface area contributed by atoms with Crippen LogP contribution in [-0.2, 0) is 42.4 Å². The Morgan fingerprint density at radius 1 is 0.960 bits per heavy atom. The third-order valence-electron chi connectivity index (χ3n) is 5.24. The summed E-state index contributed by atoms with van der Waals surface area (Å²) in [6.45, 7) is 1.06. The van der Waals surface area contributed by atoms with Gasteiger partial charge in [0.2, 0.25) is 10.0 Å². The first kappa shape index (κ1) is 16.7. The molecular weight excluding hydrogens is 336 g/mol. The largest absolute Gasteiger partial charge is 0.314 e. The van der Waals surface area contributed by atoms with Crippen molar-refractivity contribution in [2.75, 3.05) is 0 Å². The van der Waals surface area contributed by atoms with E-state index in [4.69, 9.17) is 0 Å². The number of aryl methyl sites for hydroxylation is 3. The van der Waals surface area contributed by atoms with Crippen LogP contribution >= 0.6 is 0 Å². The summed E-state index contributed by atoms with van der Waals surface area (Å²) in [4.78, 5) is 0.351. The highest BCUT2D eigenvalue weighted by Gasteiger charge is 2.20. The van der Waals surface area contributed by atoms with Crippen molar-refractivity contribution in [1.82, 2.24) is 19.5 Å². The molecule has 25 heavy (non-hydrogen) atoms. The molecule has 1 aromatic carbocycles. The molecule has 0 saturated carbocycles. The van der Waals surface area contributed by atoms with Gasteiger partial charge in [-0.25, -0.2) is 13.1 Å². The van der Waals surface area contributed by atoms with Crippen molar-refractivity contribution in [3.63, 3.8) is 0 Å². The van der Waals surface area contributed by atoms with Gasteiger partial charge in [0.15, 0.2) is 0 Å². The highest BCUT2D eigenvalue weighted by Crippen LogP contribution is 2.24. The predicted octanol–water partition coefficient (Wildman–Crippen LogP) is 2.36. The monoisotopic (exact) mass is 360 g/mol. The zero-order valence-electron chi connectivity index (χ0n) is 14.4. The van der Waals surface area contributed by atoms with Crippen molar-refractivity contribution in [1.29, 1.82) is 0 Å². The molecular formula is C18H24N4O2S. The average molecular weight is 360 g/mol. The van der Waals surface area contributed by atoms with Crippen LogP contribution in [0.1, 0.15) is 54.9 Å². The molecule has 0 bridgehead atoms. The maximum atomic E-state index is 12.7. The molecule has 1 aliphatic heterocycles. The van der Waals surface area contributed by atoms with Crippen LogP contribution < -0.4 is 4.72 Å². The van der Waals surface area contributed by atoms with Gasteiger partial charge in [-0.15, -0.1) is 10.2 Å². The lowest BCUT2D eigenvalue weighted by molar-refractivity contribution is 0.567. The van der Waals surface area contributed by atoms with Gasteiger partial charge in [0.25, 0.3) is 0 Å². The Balaban J connectivity index is 1.51. The molecule has 0 atom stereocenters. The first-order valence-corrected chi connectivity index (χ1v) is 10.6. The molecule has 0 unspecified atom stereocenters. The number of rotatable bonds is 4. The maximum Gasteiger partial charge on any atom is 0.240 e. The molecule has 6 nitrogen and oxygen atoms in total. The zero-order valence-corrected chi connectivity index (χ0v) is 15.2. The topological polar surface area (TPSA) is 76.9 Å². The lowest BCUT2D eigenvalue weighted by Crippen LogP contribution is -2.25. The normalized spacial score (nSPS) is 17.6. The van der Waals surface area contributed by atoms with Gasteiger partial charge in [-0.2, -0.15) is 0 Å². The maximum absolute atomic E-state index is 12.7. The van der Waals surface area contributed by atoms with Crippen molar-refractivity contribution < 1.29 is 8.42 Å². The Labute approximate surface area is 148 Å². The number of hydrogen-bond acceptors (Lipinski definition) is 4. The number of nitrogens with zero attached hydrogens (tertiary/aromatic N) is 3. The van der Waals surface area contributed by atoms with Gasteiger partial charge >= 0.3 is 0 Å². The summed E-state index contributed by atoms with van der Waals surface area (Å²) in [6.07, 6.45) is 8.67. The summed E-state index contributed by atoms with van der Waals surface area (Å²) in [5.74, 6) is 1.68. The van der Waals surface area contributed by atoms with Crippen LogP contribution in [0.2, 0.25) is 0 Å². The van der Waals surface area contributed by atoms with Crippen LogP contribution in [0.25, 0.3) is 0 Å². The number of hydrogen-bond donors (Lipinski definition) is 1. The van der Waals surface area contributed by atoms with E-state index in [9.17, 15) is 8.42 Å². The van der Waals surface area contributed by atoms with E-state index in [1.54, 1.807) is 6.07 Å². The number of nitrogens with one attached hydrogen (secondary N) is 1. The first-order valence-electron chi connectivity index (χ1n) is 9.16. The number of benzene rings is 1. The summed E-state index contributed by atoms with van der Waals surface area (Å²) in [7, 11) is -3.54. The zero-order chi connectivity index (χ0) is 17.3. The molecule has 1 aromatic heterocycles. The second kappa shape index (κ2) is 6.88. The average Bonchev–Trinajstić information content (AvgIpc) is 2.86. The molecule has 0 radical (unpaired) electrons. The fourth-order valence-electron chi connectivity index (χ4n) is 3.80. The molecule has 1 aliphatic carbocycles. The number of sulfonamides is 1. The Morgan fingerprint density at radius 2 is 1.76 bits per heavy atom. The van der Waals surface area contributed by atoms with Crippen molar-refractivity contribution >= 4 is 10.0 Å². The minimum Gasteiger partial charge on any atom is -0.314 e. The predicted molar refractivity (Wildman–Crippen MR) is 94.7 cm³/mol. The second-order valence-corrected chi connectivity index (χ2v) is 8.72. The van der Waals surface area contributed by atoms with Crippen LogP contribution in [0.5, 0.6) is 0 Å². The Bertz CT molecular complexity index is 873. The lowest BCUT2D eigenvalue weighted by Gasteiger charge is -2.16. The highest BCUT2D eigenvalue weighted by atomic mass is 32.2. The molecule has 0 saturated heterocycles. The van der Waals surface area contributed by atoms with Gasteiger partial charge in [0, 0.05) is 13.0 Å². The highest BCUT2D eigenvalue weighted by molar-refractivity contribution is 7.89. The van der Waals surface area contributed by atoms with E-state index in [0.29, 0.717) is 10.7 Å². The first-order chi connectivity index (χ1) is 12.1. The van der Waals surface area contributed by atoms with Gasteiger partial charge in [0.1, 0.15) is 11.6 Å². The summed E-state index contributed by atoms with van der Waals surface area (Å²) >= 11 is 0. The van der Waals surface area contributed by atoms with Gasteiger partial charge in [-0.05, 0) is 61.8 Å². The van der Waals surface area contributed by atoms with Crippen molar-refractivity contribution in [3.05, 3.63) is 41.0 Å². The summed E-state index contributed by atoms with van der Waals surface area (Å²) in [6, 6.07) is 5.52. The Hall–Kier alpha value is -1.73. The molecule has 2 heterocycles. The Morgan fingerprint density at radius 3 is 2.64 bits per heavy atom. The second-order valence-electron chi connectivity index (χ2n) is 6.96. The van der Waals surface area contributed by atoms with E-state index < -0.39 is 10.0 Å². The van der Waals surface area contributed by atoms with E-state index in [2.05, 4.69) is 19.5 Å². The fraction of sp³-hybridized carbons (Fsp3) is 0.556. The van der Waals surface area contributed by atoms with Gasteiger partial charge in [0.05, 0.1) is 11.4 Å². The molecule has 2 aromatic rings. The molecule has 4 rings (SSSR count). The minimum atomic E-state index is -3.54. The van der Waals surface area contributed by atoms with Crippen molar-refractivity contribution in [2.45, 2.75) is 69.4 Å². The van der Waals surface area contributed by atoms with Crippen LogP contribution in [0.4, 0.5) is 0 Å². The SMILES string of the molecule is O=S(=O)(NCc1nnc2n1CCCCC2)c1ccc2c(c1)CCCC2. The van der Waals surface area contributed by atoms with Crippen LogP contribution in [-0.4, -0.2) is 23.2 Å². The van der Waals surface area contributed by atoms with Crippen molar-refractivity contribution in [3.8, 4) is 0 Å². The Kier molecular flexibility index (Phi) is 4.60. The summed E-state index contributed by atoms with van der Waals surface area (Å²) in [5, 5.41) is 8.42. The van der Waals surface area contributed by atoms with Crippen molar-refractivity contribution in [2.24, 2.45) is 0 Å². The van der Waals surface area contributed by atoms with E-state index in [0.717, 1.165) is 50.9 Å². The molecule has 0 amide bonds. The molecule has 0 fully saturated rings. The smallest absolute Gasteiger partial charge is 0.240 e.